The summed E-state index contributed by atoms with van der Waals surface area (Å²) in [7, 11) is -3.36. The van der Waals surface area contributed by atoms with Crippen LogP contribution < -0.4 is 5.14 Å². The number of sulfonamides is 1. The van der Waals surface area contributed by atoms with Crippen LogP contribution in [0.2, 0.25) is 0 Å². The van der Waals surface area contributed by atoms with E-state index < -0.39 is 10.0 Å². The van der Waals surface area contributed by atoms with E-state index in [0.29, 0.717) is 6.54 Å². The summed E-state index contributed by atoms with van der Waals surface area (Å²) in [6, 6.07) is 10.3. The molecule has 2 rings (SSSR count). The van der Waals surface area contributed by atoms with Crippen molar-refractivity contribution < 1.29 is 8.42 Å². The summed E-state index contributed by atoms with van der Waals surface area (Å²) in [6.07, 6.45) is 2.22. The molecule has 2 N–H and O–H groups in total. The van der Waals surface area contributed by atoms with E-state index in [1.807, 2.05) is 18.2 Å². The Hall–Kier alpha value is -1.21. The lowest BCUT2D eigenvalue weighted by Gasteiger charge is -2.34. The monoisotopic (exact) mass is 323 g/mol. The number of benzene rings is 1. The number of hydrogen-bond acceptors (Lipinski definition) is 4. The number of rotatable bonds is 6. The Bertz CT molecular complexity index is 591. The Morgan fingerprint density at radius 3 is 2.32 bits per heavy atom. The molecule has 1 aromatic rings. The summed E-state index contributed by atoms with van der Waals surface area (Å²) in [4.78, 5) is 4.57. The molecule has 1 heterocycles. The molecule has 22 heavy (non-hydrogen) atoms. The molecule has 0 spiro atoms. The maximum Gasteiger partial charge on any atom is 0.210 e. The lowest BCUT2D eigenvalue weighted by molar-refractivity contribution is 0.146. The molecule has 0 aromatic heterocycles. The molecule has 0 radical (unpaired) electrons. The van der Waals surface area contributed by atoms with Gasteiger partial charge in [0.2, 0.25) is 10.0 Å². The standard InChI is InChI=1S/C16H25N3O2S/c1-15(13-16-5-3-2-4-6-16)14-19-9-7-18(8-10-19)11-12-22(17,20)21/h2-6,13H,7-12,14H2,1H3,(H2,17,20,21)/b15-13+. The van der Waals surface area contributed by atoms with Crippen LogP contribution in [0.25, 0.3) is 6.08 Å². The Kier molecular flexibility index (Phi) is 6.14. The number of primary sulfonamides is 1. The molecule has 0 aliphatic carbocycles. The van der Waals surface area contributed by atoms with Crippen LogP contribution in [0.4, 0.5) is 0 Å². The fourth-order valence-corrected chi connectivity index (χ4v) is 3.17. The van der Waals surface area contributed by atoms with Gasteiger partial charge in [-0.2, -0.15) is 0 Å². The van der Waals surface area contributed by atoms with Crippen LogP contribution in [0.15, 0.2) is 35.9 Å². The van der Waals surface area contributed by atoms with Crippen LogP contribution in [-0.4, -0.2) is 63.2 Å². The quantitative estimate of drug-likeness (QED) is 0.848. The highest BCUT2D eigenvalue weighted by Gasteiger charge is 2.17. The van der Waals surface area contributed by atoms with Crippen molar-refractivity contribution in [1.29, 1.82) is 0 Å². The predicted octanol–water partition coefficient (Wildman–Crippen LogP) is 0.996. The van der Waals surface area contributed by atoms with E-state index in [1.165, 1.54) is 11.1 Å². The number of nitrogens with two attached hydrogens (primary N) is 1. The molecule has 0 atom stereocenters. The SMILES string of the molecule is C/C(=C\c1ccccc1)CN1CCN(CCS(N)(=O)=O)CC1. The summed E-state index contributed by atoms with van der Waals surface area (Å²) in [6.45, 7) is 7.36. The van der Waals surface area contributed by atoms with Crippen LogP contribution in [0.3, 0.4) is 0 Å². The van der Waals surface area contributed by atoms with Gasteiger partial charge in [-0.15, -0.1) is 0 Å². The van der Waals surface area contributed by atoms with Gasteiger partial charge in [-0.3, -0.25) is 9.80 Å². The number of hydrogen-bond donors (Lipinski definition) is 1. The van der Waals surface area contributed by atoms with Gasteiger partial charge in [0.25, 0.3) is 0 Å². The number of piperazine rings is 1. The van der Waals surface area contributed by atoms with Crippen LogP contribution in [0.1, 0.15) is 12.5 Å². The zero-order chi connectivity index (χ0) is 16.0. The van der Waals surface area contributed by atoms with Crippen LogP contribution in [0, 0.1) is 0 Å². The molecular formula is C16H25N3O2S. The van der Waals surface area contributed by atoms with Crippen molar-refractivity contribution in [2.45, 2.75) is 6.92 Å². The van der Waals surface area contributed by atoms with Gasteiger partial charge in [0.15, 0.2) is 0 Å². The van der Waals surface area contributed by atoms with Crippen molar-refractivity contribution in [1.82, 2.24) is 9.80 Å². The van der Waals surface area contributed by atoms with E-state index in [9.17, 15) is 8.42 Å². The summed E-state index contributed by atoms with van der Waals surface area (Å²) < 4.78 is 22.0. The first-order chi connectivity index (χ1) is 10.4. The third-order valence-corrected chi connectivity index (χ3v) is 4.59. The van der Waals surface area contributed by atoms with Gasteiger partial charge >= 0.3 is 0 Å². The van der Waals surface area contributed by atoms with Crippen molar-refractivity contribution in [2.75, 3.05) is 45.0 Å². The zero-order valence-electron chi connectivity index (χ0n) is 13.1. The largest absolute Gasteiger partial charge is 0.300 e. The van der Waals surface area contributed by atoms with Crippen molar-refractivity contribution in [3.63, 3.8) is 0 Å². The number of nitrogens with zero attached hydrogens (tertiary/aromatic N) is 2. The van der Waals surface area contributed by atoms with Crippen molar-refractivity contribution >= 4 is 16.1 Å². The summed E-state index contributed by atoms with van der Waals surface area (Å²) in [5.41, 5.74) is 2.57. The molecule has 0 unspecified atom stereocenters. The highest BCUT2D eigenvalue weighted by Crippen LogP contribution is 2.09. The van der Waals surface area contributed by atoms with E-state index >= 15 is 0 Å². The first-order valence-electron chi connectivity index (χ1n) is 7.60. The fourth-order valence-electron chi connectivity index (χ4n) is 2.66. The van der Waals surface area contributed by atoms with Gasteiger partial charge in [-0.1, -0.05) is 42.0 Å². The second kappa shape index (κ2) is 7.87. The molecular weight excluding hydrogens is 298 g/mol. The molecule has 1 aliphatic rings. The molecule has 0 bridgehead atoms. The second-order valence-corrected chi connectivity index (χ2v) is 7.62. The third-order valence-electron chi connectivity index (χ3n) is 3.84. The predicted molar refractivity (Wildman–Crippen MR) is 90.9 cm³/mol. The van der Waals surface area contributed by atoms with Crippen LogP contribution >= 0.6 is 0 Å². The Balaban J connectivity index is 1.76. The average Bonchev–Trinajstić information content (AvgIpc) is 2.47. The van der Waals surface area contributed by atoms with Crippen LogP contribution in [-0.2, 0) is 10.0 Å². The van der Waals surface area contributed by atoms with Crippen molar-refractivity contribution in [2.24, 2.45) is 5.14 Å². The topological polar surface area (TPSA) is 66.6 Å². The minimum atomic E-state index is -3.36. The van der Waals surface area contributed by atoms with Gasteiger partial charge < -0.3 is 0 Å². The minimum Gasteiger partial charge on any atom is -0.300 e. The fraction of sp³-hybridized carbons (Fsp3) is 0.500. The maximum atomic E-state index is 11.0. The van der Waals surface area contributed by atoms with Gasteiger partial charge in [0.05, 0.1) is 5.75 Å². The van der Waals surface area contributed by atoms with Gasteiger partial charge in [-0.25, -0.2) is 13.6 Å². The van der Waals surface area contributed by atoms with E-state index in [0.717, 1.165) is 32.7 Å². The normalized spacial score (nSPS) is 18.5. The molecule has 5 nitrogen and oxygen atoms in total. The van der Waals surface area contributed by atoms with Crippen molar-refractivity contribution in [3.05, 3.63) is 41.5 Å². The molecule has 1 aromatic carbocycles. The highest BCUT2D eigenvalue weighted by molar-refractivity contribution is 7.89. The van der Waals surface area contributed by atoms with E-state index in [2.05, 4.69) is 34.9 Å². The van der Waals surface area contributed by atoms with E-state index in [1.54, 1.807) is 0 Å². The minimum absolute atomic E-state index is 0.0416. The lowest BCUT2D eigenvalue weighted by atomic mass is 10.1. The highest BCUT2D eigenvalue weighted by atomic mass is 32.2. The molecule has 1 fully saturated rings. The molecule has 122 valence electrons. The van der Waals surface area contributed by atoms with Gasteiger partial charge in [0, 0.05) is 39.3 Å². The van der Waals surface area contributed by atoms with E-state index in [-0.39, 0.29) is 5.75 Å². The first-order valence-corrected chi connectivity index (χ1v) is 9.31. The lowest BCUT2D eigenvalue weighted by Crippen LogP contribution is -2.48. The van der Waals surface area contributed by atoms with Gasteiger partial charge in [0.1, 0.15) is 0 Å². The molecule has 0 amide bonds. The third kappa shape index (κ3) is 6.27. The Morgan fingerprint density at radius 1 is 1.14 bits per heavy atom. The smallest absolute Gasteiger partial charge is 0.210 e. The molecule has 6 heteroatoms. The average molecular weight is 323 g/mol. The van der Waals surface area contributed by atoms with Crippen LogP contribution in [0.5, 0.6) is 0 Å². The summed E-state index contributed by atoms with van der Waals surface area (Å²) in [5, 5.41) is 5.05. The van der Waals surface area contributed by atoms with E-state index in [4.69, 9.17) is 5.14 Å². The Labute approximate surface area is 133 Å². The molecule has 1 saturated heterocycles. The maximum absolute atomic E-state index is 11.0. The summed E-state index contributed by atoms with van der Waals surface area (Å²) in [5.74, 6) is 0.0416. The van der Waals surface area contributed by atoms with Crippen molar-refractivity contribution in [3.8, 4) is 0 Å². The Morgan fingerprint density at radius 2 is 1.73 bits per heavy atom. The first kappa shape index (κ1) is 17.1. The molecule has 1 aliphatic heterocycles. The van der Waals surface area contributed by atoms with Gasteiger partial charge in [-0.05, 0) is 12.5 Å². The molecule has 0 saturated carbocycles. The summed E-state index contributed by atoms with van der Waals surface area (Å²) >= 11 is 0. The second-order valence-electron chi connectivity index (χ2n) is 5.89. The zero-order valence-corrected chi connectivity index (χ0v) is 13.9.